The molecule has 0 bridgehead atoms. The second kappa shape index (κ2) is 11.5. The van der Waals surface area contributed by atoms with Gasteiger partial charge in [-0.2, -0.15) is 0 Å². The number of rotatable bonds is 7. The average Bonchev–Trinajstić information content (AvgIpc) is 3.12. The number of hydrogen-bond acceptors (Lipinski definition) is 7. The molecule has 0 fully saturated rings. The van der Waals surface area contributed by atoms with Crippen LogP contribution in [0.25, 0.3) is 6.08 Å². The Kier molecular flexibility index (Phi) is 8.59. The fraction of sp³-hybridized carbons (Fsp3) is 0.296. The van der Waals surface area contributed by atoms with Crippen molar-refractivity contribution in [3.8, 4) is 11.5 Å². The predicted molar refractivity (Wildman–Crippen MR) is 156 cm³/mol. The number of carbonyl (C=O) groups is 1. The normalized spacial score (nSPS) is 15.5. The maximum atomic E-state index is 13.9. The van der Waals surface area contributed by atoms with E-state index >= 15 is 0 Å². The largest absolute Gasteiger partial charge is 0.495 e. The summed E-state index contributed by atoms with van der Waals surface area (Å²) >= 11 is 6.99. The fourth-order valence-electron chi connectivity index (χ4n) is 4.20. The van der Waals surface area contributed by atoms with Gasteiger partial charge in [-0.1, -0.05) is 45.5 Å². The zero-order valence-electron chi connectivity index (χ0n) is 21.0. The highest BCUT2D eigenvalue weighted by atomic mass is 127. The predicted octanol–water partition coefficient (Wildman–Crippen LogP) is 4.96. The number of ether oxygens (including phenoxy) is 3. The Hall–Kier alpha value is -2.44. The second-order valence-electron chi connectivity index (χ2n) is 8.52. The van der Waals surface area contributed by atoms with Crippen molar-refractivity contribution in [2.45, 2.75) is 39.8 Å². The molecule has 0 N–H and O–H groups in total. The average molecular weight is 697 g/mol. The Balaban J connectivity index is 2.01. The van der Waals surface area contributed by atoms with E-state index in [1.165, 1.54) is 11.3 Å². The Morgan fingerprint density at radius 1 is 1.30 bits per heavy atom. The van der Waals surface area contributed by atoms with Crippen molar-refractivity contribution in [1.82, 2.24) is 4.57 Å². The molecule has 0 spiro atoms. The molecule has 0 unspecified atom stereocenters. The first kappa shape index (κ1) is 27.6. The summed E-state index contributed by atoms with van der Waals surface area (Å²) in [7, 11) is 1.60. The summed E-state index contributed by atoms with van der Waals surface area (Å²) in [4.78, 5) is 32.3. The van der Waals surface area contributed by atoms with E-state index in [2.05, 4.69) is 43.5 Å². The van der Waals surface area contributed by atoms with Crippen LogP contribution in [0.5, 0.6) is 11.5 Å². The molecule has 3 aromatic rings. The maximum absolute atomic E-state index is 13.9. The van der Waals surface area contributed by atoms with Gasteiger partial charge in [-0.25, -0.2) is 9.79 Å². The number of nitrogens with zero attached hydrogens (tertiary/aromatic N) is 2. The fourth-order valence-corrected chi connectivity index (χ4v) is 7.01. The number of benzene rings is 2. The van der Waals surface area contributed by atoms with Crippen LogP contribution in [-0.4, -0.2) is 30.4 Å². The van der Waals surface area contributed by atoms with Crippen LogP contribution in [0, 0.1) is 3.57 Å². The molecule has 2 aromatic carbocycles. The first-order chi connectivity index (χ1) is 17.7. The third-order valence-corrected chi connectivity index (χ3v) is 7.86. The van der Waals surface area contributed by atoms with Gasteiger partial charge in [0.15, 0.2) is 4.80 Å². The van der Waals surface area contributed by atoms with E-state index in [1.54, 1.807) is 31.6 Å². The highest BCUT2D eigenvalue weighted by Crippen LogP contribution is 2.36. The maximum Gasteiger partial charge on any atom is 0.338 e. The lowest BCUT2D eigenvalue weighted by Crippen LogP contribution is -2.40. The van der Waals surface area contributed by atoms with Gasteiger partial charge in [0.2, 0.25) is 0 Å². The molecule has 0 saturated carbocycles. The molecule has 1 atom stereocenters. The lowest BCUT2D eigenvalue weighted by molar-refractivity contribution is -0.139. The monoisotopic (exact) mass is 696 g/mol. The summed E-state index contributed by atoms with van der Waals surface area (Å²) in [6.07, 6.45) is 1.70. The molecule has 0 radical (unpaired) electrons. The van der Waals surface area contributed by atoms with Gasteiger partial charge in [0.1, 0.15) is 17.5 Å². The zero-order valence-corrected chi connectivity index (χ0v) is 25.6. The molecule has 7 nitrogen and oxygen atoms in total. The third-order valence-electron chi connectivity index (χ3n) is 5.62. The van der Waals surface area contributed by atoms with Crippen LogP contribution >= 0.6 is 49.9 Å². The lowest BCUT2D eigenvalue weighted by Gasteiger charge is -2.26. The van der Waals surface area contributed by atoms with Crippen LogP contribution in [-0.2, 0) is 9.53 Å². The van der Waals surface area contributed by atoms with Crippen molar-refractivity contribution < 1.29 is 19.0 Å². The van der Waals surface area contributed by atoms with Gasteiger partial charge in [0.05, 0.1) is 39.2 Å². The molecule has 37 heavy (non-hydrogen) atoms. The van der Waals surface area contributed by atoms with Gasteiger partial charge in [0, 0.05) is 15.6 Å². The van der Waals surface area contributed by atoms with Crippen LogP contribution in [0.2, 0.25) is 0 Å². The van der Waals surface area contributed by atoms with Crippen LogP contribution in [0.4, 0.5) is 0 Å². The molecule has 1 aromatic heterocycles. The number of thiazole rings is 1. The van der Waals surface area contributed by atoms with Crippen LogP contribution in [0.1, 0.15) is 44.9 Å². The molecule has 1 aliphatic rings. The molecule has 194 valence electrons. The summed E-state index contributed by atoms with van der Waals surface area (Å²) in [5.74, 6) is 0.757. The highest BCUT2D eigenvalue weighted by molar-refractivity contribution is 14.1. The van der Waals surface area contributed by atoms with Crippen molar-refractivity contribution >= 4 is 61.9 Å². The van der Waals surface area contributed by atoms with Crippen molar-refractivity contribution in [1.29, 1.82) is 0 Å². The van der Waals surface area contributed by atoms with Gasteiger partial charge in [-0.3, -0.25) is 9.36 Å². The van der Waals surface area contributed by atoms with Gasteiger partial charge in [0.25, 0.3) is 5.56 Å². The standard InChI is InChI=1S/C27H26BrIN2O5S/c1-6-35-26(33)22-15(4)30-27-31(23(22)18-9-7-8-10-20(18)36-14(2)3)25(32)21(37-27)12-16-11-17(28)13-19(29)24(16)34-5/h7-14,23H,6H2,1-5H3/b21-12-/t23-/m1/s1. The second-order valence-corrected chi connectivity index (χ2v) is 11.6. The van der Waals surface area contributed by atoms with E-state index in [0.717, 1.165) is 13.6 Å². The van der Waals surface area contributed by atoms with Crippen LogP contribution in [0.15, 0.2) is 61.9 Å². The summed E-state index contributed by atoms with van der Waals surface area (Å²) in [6.45, 7) is 7.59. The lowest BCUT2D eigenvalue weighted by atomic mass is 9.95. The first-order valence-electron chi connectivity index (χ1n) is 11.6. The summed E-state index contributed by atoms with van der Waals surface area (Å²) in [6, 6.07) is 10.5. The molecule has 0 saturated heterocycles. The number of fused-ring (bicyclic) bond motifs is 1. The quantitative estimate of drug-likeness (QED) is 0.258. The van der Waals surface area contributed by atoms with E-state index in [9.17, 15) is 9.59 Å². The number of methoxy groups -OCH3 is 1. The Labute approximate surface area is 240 Å². The minimum Gasteiger partial charge on any atom is -0.495 e. The number of carbonyl (C=O) groups excluding carboxylic acids is 1. The molecular weight excluding hydrogens is 671 g/mol. The van der Waals surface area contributed by atoms with E-state index in [0.29, 0.717) is 37.7 Å². The smallest absolute Gasteiger partial charge is 0.338 e. The summed E-state index contributed by atoms with van der Waals surface area (Å²) < 4.78 is 20.9. The van der Waals surface area contributed by atoms with Crippen molar-refractivity contribution in [3.63, 3.8) is 0 Å². The summed E-state index contributed by atoms with van der Waals surface area (Å²) in [5, 5.41) is 0. The molecule has 2 heterocycles. The molecule has 0 amide bonds. The SMILES string of the molecule is CCOC(=O)C1=C(C)N=c2s/c(=C\c3cc(Br)cc(I)c3OC)c(=O)n2[C@@H]1c1ccccc1OC(C)C. The Bertz CT molecular complexity index is 1570. The number of para-hydroxylation sites is 1. The van der Waals surface area contributed by atoms with Gasteiger partial charge in [-0.05, 0) is 74.6 Å². The minimum atomic E-state index is -0.753. The Morgan fingerprint density at radius 2 is 2.03 bits per heavy atom. The number of allylic oxidation sites excluding steroid dienone is 1. The van der Waals surface area contributed by atoms with E-state index in [4.69, 9.17) is 14.2 Å². The molecule has 1 aliphatic heterocycles. The molecule has 4 rings (SSSR count). The van der Waals surface area contributed by atoms with Crippen molar-refractivity contribution in [3.05, 3.63) is 86.5 Å². The minimum absolute atomic E-state index is 0.0976. The number of esters is 1. The van der Waals surface area contributed by atoms with Crippen LogP contribution in [0.3, 0.4) is 0 Å². The third kappa shape index (κ3) is 5.56. The van der Waals surface area contributed by atoms with E-state index < -0.39 is 12.0 Å². The van der Waals surface area contributed by atoms with E-state index in [-0.39, 0.29) is 18.3 Å². The highest BCUT2D eigenvalue weighted by Gasteiger charge is 2.35. The topological polar surface area (TPSA) is 79.1 Å². The van der Waals surface area contributed by atoms with Crippen LogP contribution < -0.4 is 24.4 Å². The molecule has 10 heteroatoms. The van der Waals surface area contributed by atoms with Gasteiger partial charge >= 0.3 is 5.97 Å². The number of halogens is 2. The van der Waals surface area contributed by atoms with Crippen molar-refractivity contribution in [2.75, 3.05) is 13.7 Å². The molecule has 0 aliphatic carbocycles. The van der Waals surface area contributed by atoms with Gasteiger partial charge in [-0.15, -0.1) is 0 Å². The zero-order chi connectivity index (χ0) is 26.9. The van der Waals surface area contributed by atoms with Crippen molar-refractivity contribution in [2.24, 2.45) is 4.99 Å². The number of hydrogen-bond donors (Lipinski definition) is 0. The first-order valence-corrected chi connectivity index (χ1v) is 14.3. The summed E-state index contributed by atoms with van der Waals surface area (Å²) in [5.41, 5.74) is 2.00. The van der Waals surface area contributed by atoms with Gasteiger partial charge < -0.3 is 14.2 Å². The number of aromatic nitrogens is 1. The Morgan fingerprint density at radius 3 is 2.70 bits per heavy atom. The molecular formula is C27H26BrIN2O5S. The van der Waals surface area contributed by atoms with E-state index in [1.807, 2.05) is 50.2 Å².